The number of methoxy groups -OCH3 is 1. The lowest BCUT2D eigenvalue weighted by Crippen LogP contribution is -2.34. The van der Waals surface area contributed by atoms with Gasteiger partial charge < -0.3 is 10.5 Å². The molecule has 0 bridgehead atoms. The van der Waals surface area contributed by atoms with E-state index in [4.69, 9.17) is 10.5 Å². The Morgan fingerprint density at radius 1 is 1.17 bits per heavy atom. The molecule has 2 nitrogen and oxygen atoms in total. The van der Waals surface area contributed by atoms with E-state index >= 15 is 0 Å². The van der Waals surface area contributed by atoms with Gasteiger partial charge in [-0.25, -0.2) is 0 Å². The molecule has 0 spiro atoms. The lowest BCUT2D eigenvalue weighted by Gasteiger charge is -2.30. The van der Waals surface area contributed by atoms with Gasteiger partial charge in [0, 0.05) is 19.1 Å². The molecule has 12 heavy (non-hydrogen) atoms. The fourth-order valence-electron chi connectivity index (χ4n) is 2.19. The fraction of sp³-hybridized carbons (Fsp3) is 1.00. The third kappa shape index (κ3) is 2.46. The first-order chi connectivity index (χ1) is 5.83. The summed E-state index contributed by atoms with van der Waals surface area (Å²) >= 11 is 0. The molecule has 0 aromatic rings. The SMILES string of the molecule is COCC1(CN)CCCCCC1. The summed E-state index contributed by atoms with van der Waals surface area (Å²) < 4.78 is 5.25. The molecule has 0 radical (unpaired) electrons. The highest BCUT2D eigenvalue weighted by Crippen LogP contribution is 2.34. The molecule has 0 atom stereocenters. The van der Waals surface area contributed by atoms with Crippen molar-refractivity contribution in [1.29, 1.82) is 0 Å². The second-order valence-corrected chi connectivity index (χ2v) is 4.05. The Kier molecular flexibility index (Phi) is 4.02. The number of rotatable bonds is 3. The van der Waals surface area contributed by atoms with Crippen molar-refractivity contribution >= 4 is 0 Å². The molecule has 2 N–H and O–H groups in total. The predicted molar refractivity (Wildman–Crippen MR) is 51.1 cm³/mol. The summed E-state index contributed by atoms with van der Waals surface area (Å²) in [5.74, 6) is 0. The Labute approximate surface area is 75.5 Å². The van der Waals surface area contributed by atoms with Crippen LogP contribution in [0.25, 0.3) is 0 Å². The lowest BCUT2D eigenvalue weighted by atomic mass is 9.81. The number of ether oxygens (including phenoxy) is 1. The molecular weight excluding hydrogens is 150 g/mol. The summed E-state index contributed by atoms with van der Waals surface area (Å²) in [6.45, 7) is 1.64. The Bertz CT molecular complexity index is 117. The van der Waals surface area contributed by atoms with Gasteiger partial charge in [0.25, 0.3) is 0 Å². The summed E-state index contributed by atoms with van der Waals surface area (Å²) in [6, 6.07) is 0. The van der Waals surface area contributed by atoms with Gasteiger partial charge in [-0.05, 0) is 12.8 Å². The van der Waals surface area contributed by atoms with Gasteiger partial charge in [0.1, 0.15) is 0 Å². The molecule has 1 aliphatic rings. The Morgan fingerprint density at radius 2 is 1.75 bits per heavy atom. The maximum atomic E-state index is 5.81. The van der Waals surface area contributed by atoms with Crippen molar-refractivity contribution in [2.24, 2.45) is 11.1 Å². The van der Waals surface area contributed by atoms with E-state index in [9.17, 15) is 0 Å². The van der Waals surface area contributed by atoms with Crippen molar-refractivity contribution in [3.63, 3.8) is 0 Å². The monoisotopic (exact) mass is 171 g/mol. The first-order valence-electron chi connectivity index (χ1n) is 5.02. The average molecular weight is 171 g/mol. The van der Waals surface area contributed by atoms with Crippen LogP contribution in [0, 0.1) is 5.41 Å². The topological polar surface area (TPSA) is 35.2 Å². The van der Waals surface area contributed by atoms with Crippen molar-refractivity contribution in [3.05, 3.63) is 0 Å². The van der Waals surface area contributed by atoms with Crippen molar-refractivity contribution in [3.8, 4) is 0 Å². The first-order valence-corrected chi connectivity index (χ1v) is 5.02. The van der Waals surface area contributed by atoms with Gasteiger partial charge in [-0.3, -0.25) is 0 Å². The van der Waals surface area contributed by atoms with Crippen LogP contribution in [0.5, 0.6) is 0 Å². The molecule has 1 rings (SSSR count). The van der Waals surface area contributed by atoms with Crippen LogP contribution in [0.15, 0.2) is 0 Å². The summed E-state index contributed by atoms with van der Waals surface area (Å²) in [4.78, 5) is 0. The van der Waals surface area contributed by atoms with E-state index in [-0.39, 0.29) is 0 Å². The molecule has 0 aromatic heterocycles. The largest absolute Gasteiger partial charge is 0.384 e. The van der Waals surface area contributed by atoms with Crippen LogP contribution in [0.4, 0.5) is 0 Å². The van der Waals surface area contributed by atoms with Gasteiger partial charge in [-0.2, -0.15) is 0 Å². The van der Waals surface area contributed by atoms with Gasteiger partial charge >= 0.3 is 0 Å². The maximum absolute atomic E-state index is 5.81. The Balaban J connectivity index is 2.48. The maximum Gasteiger partial charge on any atom is 0.0530 e. The smallest absolute Gasteiger partial charge is 0.0530 e. The lowest BCUT2D eigenvalue weighted by molar-refractivity contribution is 0.0727. The first kappa shape index (κ1) is 10.0. The molecule has 0 aromatic carbocycles. The van der Waals surface area contributed by atoms with E-state index in [0.717, 1.165) is 13.2 Å². The quantitative estimate of drug-likeness (QED) is 0.658. The molecular formula is C10H21NO. The minimum Gasteiger partial charge on any atom is -0.384 e. The zero-order chi connectivity index (χ0) is 8.86. The van der Waals surface area contributed by atoms with Gasteiger partial charge in [-0.1, -0.05) is 25.7 Å². The van der Waals surface area contributed by atoms with Gasteiger partial charge in [0.2, 0.25) is 0 Å². The Hall–Kier alpha value is -0.0800. The molecule has 2 heteroatoms. The third-order valence-corrected chi connectivity index (χ3v) is 3.05. The third-order valence-electron chi connectivity index (χ3n) is 3.05. The van der Waals surface area contributed by atoms with Gasteiger partial charge in [0.05, 0.1) is 6.61 Å². The molecule has 1 saturated carbocycles. The second kappa shape index (κ2) is 4.83. The van der Waals surface area contributed by atoms with E-state index < -0.39 is 0 Å². The second-order valence-electron chi connectivity index (χ2n) is 4.05. The highest BCUT2D eigenvalue weighted by atomic mass is 16.5. The van der Waals surface area contributed by atoms with Gasteiger partial charge in [0.15, 0.2) is 0 Å². The summed E-state index contributed by atoms with van der Waals surface area (Å²) in [6.07, 6.45) is 7.95. The highest BCUT2D eigenvalue weighted by Gasteiger charge is 2.29. The van der Waals surface area contributed by atoms with E-state index in [2.05, 4.69) is 0 Å². The molecule has 0 heterocycles. The van der Waals surface area contributed by atoms with Crippen LogP contribution in [-0.4, -0.2) is 20.3 Å². The normalized spacial score (nSPS) is 23.5. The minimum absolute atomic E-state index is 0.311. The molecule has 1 aliphatic carbocycles. The van der Waals surface area contributed by atoms with Crippen LogP contribution in [0.2, 0.25) is 0 Å². The zero-order valence-corrected chi connectivity index (χ0v) is 8.14. The van der Waals surface area contributed by atoms with E-state index in [1.54, 1.807) is 7.11 Å². The van der Waals surface area contributed by atoms with Crippen molar-refractivity contribution in [1.82, 2.24) is 0 Å². The van der Waals surface area contributed by atoms with Crippen LogP contribution < -0.4 is 5.73 Å². The van der Waals surface area contributed by atoms with E-state index in [0.29, 0.717) is 5.41 Å². The van der Waals surface area contributed by atoms with Crippen LogP contribution in [0.3, 0.4) is 0 Å². The highest BCUT2D eigenvalue weighted by molar-refractivity contribution is 4.82. The number of hydrogen-bond donors (Lipinski definition) is 1. The Morgan fingerprint density at radius 3 is 2.17 bits per heavy atom. The summed E-state index contributed by atoms with van der Waals surface area (Å²) in [5, 5.41) is 0. The standard InChI is InChI=1S/C10H21NO/c1-12-9-10(8-11)6-4-2-3-5-7-10/h2-9,11H2,1H3. The van der Waals surface area contributed by atoms with E-state index in [1.165, 1.54) is 38.5 Å². The average Bonchev–Trinajstić information content (AvgIpc) is 2.32. The van der Waals surface area contributed by atoms with Crippen molar-refractivity contribution < 1.29 is 4.74 Å². The molecule has 72 valence electrons. The summed E-state index contributed by atoms with van der Waals surface area (Å²) in [5.41, 5.74) is 6.12. The molecule has 0 amide bonds. The molecule has 0 saturated heterocycles. The minimum atomic E-state index is 0.311. The van der Waals surface area contributed by atoms with Gasteiger partial charge in [-0.15, -0.1) is 0 Å². The molecule has 1 fully saturated rings. The zero-order valence-electron chi connectivity index (χ0n) is 8.14. The predicted octanol–water partition coefficient (Wildman–Crippen LogP) is 1.93. The number of hydrogen-bond acceptors (Lipinski definition) is 2. The molecule has 0 unspecified atom stereocenters. The number of nitrogens with two attached hydrogens (primary N) is 1. The van der Waals surface area contributed by atoms with Crippen molar-refractivity contribution in [2.75, 3.05) is 20.3 Å². The summed E-state index contributed by atoms with van der Waals surface area (Å²) in [7, 11) is 1.78. The van der Waals surface area contributed by atoms with Crippen LogP contribution in [0.1, 0.15) is 38.5 Å². The molecule has 0 aliphatic heterocycles. The van der Waals surface area contributed by atoms with Crippen LogP contribution >= 0.6 is 0 Å². The van der Waals surface area contributed by atoms with Crippen LogP contribution in [-0.2, 0) is 4.74 Å². The fourth-order valence-corrected chi connectivity index (χ4v) is 2.19. The van der Waals surface area contributed by atoms with E-state index in [1.807, 2.05) is 0 Å². The van der Waals surface area contributed by atoms with Crippen molar-refractivity contribution in [2.45, 2.75) is 38.5 Å².